The summed E-state index contributed by atoms with van der Waals surface area (Å²) >= 11 is 0. The fraction of sp³-hybridized carbons (Fsp3) is 0.222. The molecule has 1 aliphatic rings. The maximum Gasteiger partial charge on any atom is 0.341 e. The van der Waals surface area contributed by atoms with Crippen LogP contribution in [0.3, 0.4) is 0 Å². The number of hydrogen-bond donors (Lipinski definition) is 2. The van der Waals surface area contributed by atoms with Crippen molar-refractivity contribution in [3.63, 3.8) is 0 Å². The predicted molar refractivity (Wildman–Crippen MR) is 86.1 cm³/mol. The first kappa shape index (κ1) is 15.9. The number of carboxylic acids is 1. The number of rotatable bonds is 6. The fourth-order valence-corrected chi connectivity index (χ4v) is 2.58. The van der Waals surface area contributed by atoms with Crippen LogP contribution in [0.4, 0.5) is 0 Å². The second kappa shape index (κ2) is 7.04. The second-order valence-corrected chi connectivity index (χ2v) is 5.45. The third-order valence-corrected chi connectivity index (χ3v) is 3.74. The summed E-state index contributed by atoms with van der Waals surface area (Å²) in [6.45, 7) is 0.278. The zero-order chi connectivity index (χ0) is 16.9. The molecule has 124 valence electrons. The van der Waals surface area contributed by atoms with E-state index >= 15 is 0 Å². The molecule has 1 aliphatic heterocycles. The van der Waals surface area contributed by atoms with Gasteiger partial charge >= 0.3 is 5.97 Å². The van der Waals surface area contributed by atoms with Crippen molar-refractivity contribution in [1.82, 2.24) is 5.32 Å². The normalized spacial score (nSPS) is 15.2. The molecule has 0 saturated heterocycles. The van der Waals surface area contributed by atoms with Gasteiger partial charge in [-0.25, -0.2) is 4.79 Å². The van der Waals surface area contributed by atoms with Crippen LogP contribution < -0.4 is 14.8 Å². The standard InChI is InChI=1S/C18H17NO5/c20-17(21)11-23-13-5-3-4-12(8-13)9-19-18(22)15-10-24-16-7-2-1-6-14(15)16/h1-8,15H,9-11H2,(H,19,22)(H,20,21)/t15-/m1/s1. The van der Waals surface area contributed by atoms with Crippen molar-refractivity contribution in [2.24, 2.45) is 0 Å². The van der Waals surface area contributed by atoms with Crippen LogP contribution in [0.1, 0.15) is 17.0 Å². The number of amides is 1. The summed E-state index contributed by atoms with van der Waals surface area (Å²) in [5.41, 5.74) is 1.73. The predicted octanol–water partition coefficient (Wildman–Crippen LogP) is 1.94. The Balaban J connectivity index is 1.59. The summed E-state index contributed by atoms with van der Waals surface area (Å²) in [7, 11) is 0. The first-order valence-electron chi connectivity index (χ1n) is 7.56. The van der Waals surface area contributed by atoms with E-state index in [9.17, 15) is 9.59 Å². The van der Waals surface area contributed by atoms with Gasteiger partial charge in [-0.1, -0.05) is 30.3 Å². The van der Waals surface area contributed by atoms with E-state index < -0.39 is 12.6 Å². The molecule has 2 aromatic rings. The molecule has 0 fully saturated rings. The van der Waals surface area contributed by atoms with Crippen LogP contribution in [-0.4, -0.2) is 30.2 Å². The maximum atomic E-state index is 12.4. The van der Waals surface area contributed by atoms with Gasteiger partial charge in [0.15, 0.2) is 6.61 Å². The summed E-state index contributed by atoms with van der Waals surface area (Å²) in [5, 5.41) is 11.5. The number of benzene rings is 2. The summed E-state index contributed by atoms with van der Waals surface area (Å²) in [5.74, 6) is -0.238. The Morgan fingerprint density at radius 1 is 1.21 bits per heavy atom. The smallest absolute Gasteiger partial charge is 0.341 e. The Morgan fingerprint density at radius 3 is 2.88 bits per heavy atom. The third-order valence-electron chi connectivity index (χ3n) is 3.74. The molecule has 0 unspecified atom stereocenters. The molecule has 1 heterocycles. The van der Waals surface area contributed by atoms with Gasteiger partial charge in [0.05, 0.1) is 0 Å². The Morgan fingerprint density at radius 2 is 2.04 bits per heavy atom. The van der Waals surface area contributed by atoms with Crippen LogP contribution in [0.15, 0.2) is 48.5 Å². The monoisotopic (exact) mass is 327 g/mol. The van der Waals surface area contributed by atoms with Gasteiger partial charge in [0.1, 0.15) is 24.0 Å². The van der Waals surface area contributed by atoms with Gasteiger partial charge in [0.25, 0.3) is 0 Å². The molecular weight excluding hydrogens is 310 g/mol. The van der Waals surface area contributed by atoms with Crippen LogP contribution in [0.2, 0.25) is 0 Å². The van der Waals surface area contributed by atoms with Gasteiger partial charge in [-0.3, -0.25) is 4.79 Å². The van der Waals surface area contributed by atoms with Gasteiger partial charge in [0, 0.05) is 12.1 Å². The SMILES string of the molecule is O=C(O)COc1cccc(CNC(=O)[C@@H]2COc3ccccc32)c1. The molecule has 1 amide bonds. The molecule has 2 N–H and O–H groups in total. The zero-order valence-corrected chi connectivity index (χ0v) is 12.9. The van der Waals surface area contributed by atoms with E-state index in [0.717, 1.165) is 16.9 Å². The number of carbonyl (C=O) groups is 2. The molecule has 24 heavy (non-hydrogen) atoms. The maximum absolute atomic E-state index is 12.4. The molecule has 0 saturated carbocycles. The van der Waals surface area contributed by atoms with E-state index in [0.29, 0.717) is 18.9 Å². The molecule has 6 nitrogen and oxygen atoms in total. The van der Waals surface area contributed by atoms with Gasteiger partial charge < -0.3 is 19.9 Å². The number of ether oxygens (including phenoxy) is 2. The highest BCUT2D eigenvalue weighted by Crippen LogP contribution is 2.33. The zero-order valence-electron chi connectivity index (χ0n) is 12.9. The van der Waals surface area contributed by atoms with Crippen LogP contribution in [0, 0.1) is 0 Å². The first-order chi connectivity index (χ1) is 11.6. The number of para-hydroxylation sites is 1. The highest BCUT2D eigenvalue weighted by Gasteiger charge is 2.29. The number of aliphatic carboxylic acids is 1. The average Bonchev–Trinajstić information content (AvgIpc) is 3.02. The molecule has 1 atom stereocenters. The minimum atomic E-state index is -1.03. The Labute approximate surface area is 139 Å². The number of carbonyl (C=O) groups excluding carboxylic acids is 1. The lowest BCUT2D eigenvalue weighted by Crippen LogP contribution is -2.29. The van der Waals surface area contributed by atoms with Crippen molar-refractivity contribution >= 4 is 11.9 Å². The molecule has 0 spiro atoms. The van der Waals surface area contributed by atoms with E-state index in [1.54, 1.807) is 18.2 Å². The van der Waals surface area contributed by atoms with Gasteiger partial charge in [-0.05, 0) is 23.8 Å². The summed E-state index contributed by atoms with van der Waals surface area (Å²) in [6, 6.07) is 14.5. The van der Waals surface area contributed by atoms with Crippen molar-refractivity contribution in [2.75, 3.05) is 13.2 Å². The van der Waals surface area contributed by atoms with E-state index in [2.05, 4.69) is 5.32 Å². The van der Waals surface area contributed by atoms with Crippen LogP contribution in [0.5, 0.6) is 11.5 Å². The molecule has 0 bridgehead atoms. The summed E-state index contributed by atoms with van der Waals surface area (Å²) < 4.78 is 10.7. The van der Waals surface area contributed by atoms with E-state index in [4.69, 9.17) is 14.6 Å². The first-order valence-corrected chi connectivity index (χ1v) is 7.56. The molecule has 3 rings (SSSR count). The lowest BCUT2D eigenvalue weighted by atomic mass is 10.0. The van der Waals surface area contributed by atoms with Crippen molar-refractivity contribution in [1.29, 1.82) is 0 Å². The number of carboxylic acid groups (broad SMARTS) is 1. The molecule has 0 aromatic heterocycles. The second-order valence-electron chi connectivity index (χ2n) is 5.45. The van der Waals surface area contributed by atoms with Crippen molar-refractivity contribution in [2.45, 2.75) is 12.5 Å². The van der Waals surface area contributed by atoms with E-state index in [1.807, 2.05) is 30.3 Å². The number of nitrogens with one attached hydrogen (secondary N) is 1. The highest BCUT2D eigenvalue weighted by atomic mass is 16.5. The highest BCUT2D eigenvalue weighted by molar-refractivity contribution is 5.85. The quantitative estimate of drug-likeness (QED) is 0.847. The van der Waals surface area contributed by atoms with Gasteiger partial charge in [-0.15, -0.1) is 0 Å². The van der Waals surface area contributed by atoms with Gasteiger partial charge in [0.2, 0.25) is 5.91 Å². The Bertz CT molecular complexity index is 759. The topological polar surface area (TPSA) is 84.9 Å². The average molecular weight is 327 g/mol. The van der Waals surface area contributed by atoms with Crippen LogP contribution >= 0.6 is 0 Å². The van der Waals surface area contributed by atoms with Crippen molar-refractivity contribution < 1.29 is 24.2 Å². The van der Waals surface area contributed by atoms with E-state index in [-0.39, 0.29) is 11.8 Å². The third kappa shape index (κ3) is 3.65. The molecule has 6 heteroatoms. The summed E-state index contributed by atoms with van der Waals surface area (Å²) in [6.07, 6.45) is 0. The molecular formula is C18H17NO5. The van der Waals surface area contributed by atoms with Crippen LogP contribution in [0.25, 0.3) is 0 Å². The number of fused-ring (bicyclic) bond motifs is 1. The van der Waals surface area contributed by atoms with Crippen molar-refractivity contribution in [3.05, 3.63) is 59.7 Å². The minimum Gasteiger partial charge on any atom is -0.492 e. The van der Waals surface area contributed by atoms with Crippen molar-refractivity contribution in [3.8, 4) is 11.5 Å². The lowest BCUT2D eigenvalue weighted by molar-refractivity contribution is -0.139. The fourth-order valence-electron chi connectivity index (χ4n) is 2.58. The molecule has 2 aromatic carbocycles. The Hall–Kier alpha value is -3.02. The lowest BCUT2D eigenvalue weighted by Gasteiger charge is -2.11. The molecule has 0 aliphatic carbocycles. The van der Waals surface area contributed by atoms with E-state index in [1.165, 1.54) is 0 Å². The van der Waals surface area contributed by atoms with Crippen LogP contribution in [-0.2, 0) is 16.1 Å². The largest absolute Gasteiger partial charge is 0.492 e. The Kier molecular flexibility index (Phi) is 4.65. The molecule has 0 radical (unpaired) electrons. The number of hydrogen-bond acceptors (Lipinski definition) is 4. The minimum absolute atomic E-state index is 0.100. The summed E-state index contributed by atoms with van der Waals surface area (Å²) in [4.78, 5) is 22.9. The van der Waals surface area contributed by atoms with Gasteiger partial charge in [-0.2, -0.15) is 0 Å².